The second-order valence-electron chi connectivity index (χ2n) is 18.6. The van der Waals surface area contributed by atoms with E-state index in [9.17, 15) is 0 Å². The van der Waals surface area contributed by atoms with Gasteiger partial charge in [0.05, 0.1) is 0 Å². The summed E-state index contributed by atoms with van der Waals surface area (Å²) in [6, 6.07) is 45.0. The van der Waals surface area contributed by atoms with Gasteiger partial charge < -0.3 is 0 Å². The van der Waals surface area contributed by atoms with E-state index in [1.54, 1.807) is 0 Å². The molecule has 0 nitrogen and oxygen atoms in total. The Morgan fingerprint density at radius 1 is 0.382 bits per heavy atom. The Morgan fingerprint density at radius 2 is 0.782 bits per heavy atom. The molecule has 0 aliphatic heterocycles. The van der Waals surface area contributed by atoms with Crippen molar-refractivity contribution in [1.82, 2.24) is 0 Å². The van der Waals surface area contributed by atoms with Gasteiger partial charge in [-0.25, -0.2) is 0 Å². The van der Waals surface area contributed by atoms with E-state index in [0.29, 0.717) is 0 Å². The molecule has 274 valence electrons. The standard InChI is InChI=1S/C54H55B/c1-32-27-34(3)51(35(4)28-32)55(52-36(5)29-33(2)30-37(52)6)48-31-47(39-15-21-42(22-16-39)54(10,11)12)45-24-18-40-17-23-43(44-25-26-46(48)50(45)49(40)44)38-13-19-41(20-14-38)53(7,8)9/h13-31H,1-12H3. The van der Waals surface area contributed by atoms with E-state index < -0.39 is 0 Å². The highest BCUT2D eigenvalue weighted by Gasteiger charge is 2.32. The highest BCUT2D eigenvalue weighted by atomic mass is 14.2. The minimum Gasteiger partial charge on any atom is -0.0629 e. The van der Waals surface area contributed by atoms with Crippen LogP contribution in [-0.2, 0) is 10.8 Å². The lowest BCUT2D eigenvalue weighted by Gasteiger charge is -2.28. The van der Waals surface area contributed by atoms with Crippen molar-refractivity contribution in [2.24, 2.45) is 0 Å². The van der Waals surface area contributed by atoms with Gasteiger partial charge in [0.2, 0.25) is 6.71 Å². The van der Waals surface area contributed by atoms with E-state index in [4.69, 9.17) is 0 Å². The van der Waals surface area contributed by atoms with Gasteiger partial charge in [-0.3, -0.25) is 0 Å². The minimum atomic E-state index is 0.0581. The Labute approximate surface area is 330 Å². The lowest BCUT2D eigenvalue weighted by molar-refractivity contribution is 0.590. The zero-order valence-corrected chi connectivity index (χ0v) is 35.0. The van der Waals surface area contributed by atoms with Gasteiger partial charge in [-0.2, -0.15) is 0 Å². The van der Waals surface area contributed by atoms with E-state index in [-0.39, 0.29) is 17.5 Å². The normalized spacial score (nSPS) is 12.4. The summed E-state index contributed by atoms with van der Waals surface area (Å²) < 4.78 is 0. The summed E-state index contributed by atoms with van der Waals surface area (Å²) >= 11 is 0. The molecule has 0 N–H and O–H groups in total. The summed E-state index contributed by atoms with van der Waals surface area (Å²) in [4.78, 5) is 0. The fourth-order valence-electron chi connectivity index (χ4n) is 9.70. The molecular formula is C54H55B. The van der Waals surface area contributed by atoms with Crippen molar-refractivity contribution in [3.05, 3.63) is 160 Å². The molecule has 0 atom stereocenters. The van der Waals surface area contributed by atoms with Gasteiger partial charge in [0.1, 0.15) is 0 Å². The number of aryl methyl sites for hydroxylation is 6. The van der Waals surface area contributed by atoms with Crippen molar-refractivity contribution in [3.63, 3.8) is 0 Å². The topological polar surface area (TPSA) is 0 Å². The van der Waals surface area contributed by atoms with Gasteiger partial charge in [0, 0.05) is 0 Å². The maximum Gasteiger partial charge on any atom is 0.243 e. The molecule has 0 aliphatic rings. The number of hydrogen-bond acceptors (Lipinski definition) is 0. The van der Waals surface area contributed by atoms with E-state index in [0.717, 1.165) is 0 Å². The summed E-state index contributed by atoms with van der Waals surface area (Å²) in [5.41, 5.74) is 20.3. The summed E-state index contributed by atoms with van der Waals surface area (Å²) in [7, 11) is 0. The fourth-order valence-corrected chi connectivity index (χ4v) is 9.70. The number of benzene rings is 8. The summed E-state index contributed by atoms with van der Waals surface area (Å²) in [6.07, 6.45) is 0. The average Bonchev–Trinajstić information content (AvgIpc) is 3.11. The van der Waals surface area contributed by atoms with Crippen LogP contribution in [-0.4, -0.2) is 6.71 Å². The van der Waals surface area contributed by atoms with Crippen LogP contribution in [0, 0.1) is 41.5 Å². The van der Waals surface area contributed by atoms with Crippen molar-refractivity contribution >= 4 is 55.4 Å². The van der Waals surface area contributed by atoms with E-state index in [2.05, 4.69) is 198 Å². The predicted molar refractivity (Wildman–Crippen MR) is 244 cm³/mol. The van der Waals surface area contributed by atoms with Crippen molar-refractivity contribution in [3.8, 4) is 22.3 Å². The highest BCUT2D eigenvalue weighted by molar-refractivity contribution is 6.98. The van der Waals surface area contributed by atoms with Crippen LogP contribution in [0.15, 0.2) is 115 Å². The van der Waals surface area contributed by atoms with E-state index in [1.165, 1.54) is 115 Å². The van der Waals surface area contributed by atoms with Crippen LogP contribution in [0.5, 0.6) is 0 Å². The third-order valence-corrected chi connectivity index (χ3v) is 12.3. The van der Waals surface area contributed by atoms with Crippen molar-refractivity contribution in [2.75, 3.05) is 0 Å². The quantitative estimate of drug-likeness (QED) is 0.123. The first-order valence-electron chi connectivity index (χ1n) is 20.1. The van der Waals surface area contributed by atoms with Gasteiger partial charge in [0.25, 0.3) is 0 Å². The Morgan fingerprint density at radius 3 is 1.25 bits per heavy atom. The monoisotopic (exact) mass is 714 g/mol. The molecule has 1 heteroatoms. The zero-order chi connectivity index (χ0) is 39.1. The molecule has 0 radical (unpaired) electrons. The van der Waals surface area contributed by atoms with Crippen LogP contribution in [0.3, 0.4) is 0 Å². The molecule has 0 saturated carbocycles. The van der Waals surface area contributed by atoms with Crippen LogP contribution in [0.1, 0.15) is 86.1 Å². The molecule has 8 aromatic carbocycles. The molecule has 0 saturated heterocycles. The smallest absolute Gasteiger partial charge is 0.0629 e. The minimum absolute atomic E-state index is 0.0581. The van der Waals surface area contributed by atoms with Crippen LogP contribution in [0.2, 0.25) is 0 Å². The predicted octanol–water partition coefficient (Wildman–Crippen LogP) is 12.9. The molecule has 0 aliphatic carbocycles. The highest BCUT2D eigenvalue weighted by Crippen LogP contribution is 2.43. The third kappa shape index (κ3) is 6.36. The second-order valence-corrected chi connectivity index (χ2v) is 18.6. The molecule has 0 unspecified atom stereocenters. The third-order valence-electron chi connectivity index (χ3n) is 12.3. The maximum atomic E-state index is 2.56. The van der Waals surface area contributed by atoms with Gasteiger partial charge in [0.15, 0.2) is 0 Å². The van der Waals surface area contributed by atoms with E-state index >= 15 is 0 Å². The molecule has 0 heterocycles. The second kappa shape index (κ2) is 13.3. The lowest BCUT2D eigenvalue weighted by Crippen LogP contribution is -2.56. The first-order chi connectivity index (χ1) is 26.0. The van der Waals surface area contributed by atoms with Crippen LogP contribution < -0.4 is 16.4 Å². The molecule has 0 bridgehead atoms. The summed E-state index contributed by atoms with van der Waals surface area (Å²) in [5, 5.41) is 7.98. The van der Waals surface area contributed by atoms with Gasteiger partial charge in [-0.05, 0) is 118 Å². The molecule has 0 fully saturated rings. The SMILES string of the molecule is Cc1cc(C)c(B(c2c(C)cc(C)cc2C)c2cc(-c3ccc(C(C)(C)C)cc3)c3ccc4ccc(-c5ccc(C(C)(C)C)cc5)c5ccc2c3c45)c(C)c1. The van der Waals surface area contributed by atoms with Gasteiger partial charge >= 0.3 is 0 Å². The number of hydrogen-bond donors (Lipinski definition) is 0. The zero-order valence-electron chi connectivity index (χ0n) is 35.0. The average molecular weight is 715 g/mol. The van der Waals surface area contributed by atoms with E-state index in [1.807, 2.05) is 0 Å². The maximum absolute atomic E-state index is 2.56. The van der Waals surface area contributed by atoms with Crippen molar-refractivity contribution in [2.45, 2.75) is 93.9 Å². The Balaban J connectivity index is 1.51. The molecule has 8 aromatic rings. The lowest BCUT2D eigenvalue weighted by atomic mass is 9.33. The summed E-state index contributed by atoms with van der Waals surface area (Å²) in [6.45, 7) is 27.6. The first-order valence-corrected chi connectivity index (χ1v) is 20.1. The van der Waals surface area contributed by atoms with Crippen molar-refractivity contribution in [1.29, 1.82) is 0 Å². The molecule has 8 rings (SSSR count). The van der Waals surface area contributed by atoms with Crippen LogP contribution in [0.25, 0.3) is 54.6 Å². The molecular weight excluding hydrogens is 659 g/mol. The van der Waals surface area contributed by atoms with Gasteiger partial charge in [-0.1, -0.05) is 207 Å². The molecule has 55 heavy (non-hydrogen) atoms. The molecule has 0 spiro atoms. The first kappa shape index (κ1) is 36.8. The van der Waals surface area contributed by atoms with Crippen LogP contribution in [0.4, 0.5) is 0 Å². The fraction of sp³-hybridized carbons (Fsp3) is 0.259. The largest absolute Gasteiger partial charge is 0.243 e. The van der Waals surface area contributed by atoms with Crippen LogP contribution >= 0.6 is 0 Å². The van der Waals surface area contributed by atoms with Crippen molar-refractivity contribution < 1.29 is 0 Å². The van der Waals surface area contributed by atoms with Gasteiger partial charge in [-0.15, -0.1) is 0 Å². The molecule has 0 amide bonds. The Kier molecular flexibility index (Phi) is 8.88. The Hall–Kier alpha value is -5.14. The summed E-state index contributed by atoms with van der Waals surface area (Å²) in [5.74, 6) is 0. The number of rotatable bonds is 5. The Bertz CT molecular complexity index is 2640. The molecule has 0 aromatic heterocycles.